The third kappa shape index (κ3) is 6.60. The van der Waals surface area contributed by atoms with Gasteiger partial charge in [-0.2, -0.15) is 0 Å². The van der Waals surface area contributed by atoms with Crippen molar-refractivity contribution in [3.63, 3.8) is 0 Å². The van der Waals surface area contributed by atoms with Gasteiger partial charge in [0, 0.05) is 46.2 Å². The monoisotopic (exact) mass is 513 g/mol. The number of imidazole rings is 1. The zero-order valence-corrected chi connectivity index (χ0v) is 19.8. The van der Waals surface area contributed by atoms with Crippen molar-refractivity contribution in [3.05, 3.63) is 48.5 Å². The van der Waals surface area contributed by atoms with Crippen LogP contribution in [0.2, 0.25) is 0 Å². The van der Waals surface area contributed by atoms with Crippen LogP contribution in [0.25, 0.3) is 0 Å². The lowest BCUT2D eigenvalue weighted by atomic mass is 9.93. The predicted molar refractivity (Wildman–Crippen MR) is 126 cm³/mol. The molecule has 1 saturated heterocycles. The summed E-state index contributed by atoms with van der Waals surface area (Å²) in [6.07, 6.45) is 6.94. The van der Waals surface area contributed by atoms with Crippen LogP contribution in [0.15, 0.2) is 48.0 Å². The van der Waals surface area contributed by atoms with E-state index in [0.29, 0.717) is 31.7 Å². The summed E-state index contributed by atoms with van der Waals surface area (Å²) >= 11 is 0. The number of hydrogen-bond acceptors (Lipinski definition) is 4. The lowest BCUT2D eigenvalue weighted by Crippen LogP contribution is -2.48. The Hall–Kier alpha value is -1.81. The quantitative estimate of drug-likeness (QED) is 0.267. The first-order chi connectivity index (χ1) is 13.7. The van der Waals surface area contributed by atoms with Crippen molar-refractivity contribution in [1.82, 2.24) is 19.8 Å². The number of guanidine groups is 1. The van der Waals surface area contributed by atoms with E-state index < -0.39 is 0 Å². The maximum Gasteiger partial charge on any atom is 0.193 e. The lowest BCUT2D eigenvalue weighted by molar-refractivity contribution is 0.146. The van der Waals surface area contributed by atoms with Crippen molar-refractivity contribution in [1.29, 1.82) is 0 Å². The van der Waals surface area contributed by atoms with Crippen molar-refractivity contribution in [2.75, 3.05) is 40.5 Å². The Balaban J connectivity index is 0.00000300. The van der Waals surface area contributed by atoms with Gasteiger partial charge in [-0.05, 0) is 30.0 Å². The summed E-state index contributed by atoms with van der Waals surface area (Å²) in [5, 5.41) is 3.50. The topological polar surface area (TPSA) is 63.9 Å². The Morgan fingerprint density at radius 3 is 2.93 bits per heavy atom. The number of nitrogens with one attached hydrogen (secondary N) is 1. The summed E-state index contributed by atoms with van der Waals surface area (Å²) in [5.41, 5.74) is 1.16. The smallest absolute Gasteiger partial charge is 0.193 e. The SMILES string of the molecule is CN=C(NCc1cccc(OCCOC)c1)N1CCC(C)C(n2ccnc2)C1.I. The molecule has 0 spiro atoms. The molecule has 1 aliphatic rings. The first kappa shape index (κ1) is 23.5. The van der Waals surface area contributed by atoms with Crippen molar-refractivity contribution in [2.24, 2.45) is 10.9 Å². The largest absolute Gasteiger partial charge is 0.491 e. The first-order valence-electron chi connectivity index (χ1n) is 9.85. The van der Waals surface area contributed by atoms with E-state index in [4.69, 9.17) is 9.47 Å². The minimum Gasteiger partial charge on any atom is -0.491 e. The molecule has 2 atom stereocenters. The molecule has 1 N–H and O–H groups in total. The number of nitrogens with zero attached hydrogens (tertiary/aromatic N) is 4. The average Bonchev–Trinajstić information content (AvgIpc) is 3.25. The van der Waals surface area contributed by atoms with E-state index in [0.717, 1.165) is 36.8 Å². The van der Waals surface area contributed by atoms with Crippen molar-refractivity contribution in [2.45, 2.75) is 25.9 Å². The Morgan fingerprint density at radius 1 is 1.34 bits per heavy atom. The highest BCUT2D eigenvalue weighted by Crippen LogP contribution is 2.27. The highest BCUT2D eigenvalue weighted by Gasteiger charge is 2.28. The summed E-state index contributed by atoms with van der Waals surface area (Å²) in [4.78, 5) is 11.1. The molecule has 1 aromatic carbocycles. The van der Waals surface area contributed by atoms with Crippen LogP contribution in [0, 0.1) is 5.92 Å². The number of methoxy groups -OCH3 is 1. The number of rotatable bonds is 7. The number of aromatic nitrogens is 2. The van der Waals surface area contributed by atoms with Gasteiger partial charge in [-0.1, -0.05) is 19.1 Å². The fourth-order valence-electron chi connectivity index (χ4n) is 3.60. The molecule has 29 heavy (non-hydrogen) atoms. The van der Waals surface area contributed by atoms with E-state index in [-0.39, 0.29) is 24.0 Å². The maximum absolute atomic E-state index is 5.70. The molecule has 3 rings (SSSR count). The van der Waals surface area contributed by atoms with Gasteiger partial charge in [0.05, 0.1) is 19.0 Å². The Bertz CT molecular complexity index is 753. The van der Waals surface area contributed by atoms with Crippen LogP contribution in [0.1, 0.15) is 24.9 Å². The minimum absolute atomic E-state index is 0. The first-order valence-corrected chi connectivity index (χ1v) is 9.85. The highest BCUT2D eigenvalue weighted by molar-refractivity contribution is 14.0. The third-order valence-corrected chi connectivity index (χ3v) is 5.24. The van der Waals surface area contributed by atoms with Crippen LogP contribution in [-0.4, -0.2) is 60.9 Å². The fraction of sp³-hybridized carbons (Fsp3) is 0.524. The molecule has 0 radical (unpaired) electrons. The molecule has 7 nitrogen and oxygen atoms in total. The Kier molecular flexibility index (Phi) is 9.72. The van der Waals surface area contributed by atoms with E-state index in [1.807, 2.05) is 31.7 Å². The van der Waals surface area contributed by atoms with Crippen LogP contribution in [-0.2, 0) is 11.3 Å². The van der Waals surface area contributed by atoms with Gasteiger partial charge in [-0.25, -0.2) is 4.98 Å². The summed E-state index contributed by atoms with van der Waals surface area (Å²) in [7, 11) is 3.52. The van der Waals surface area contributed by atoms with Crippen molar-refractivity contribution < 1.29 is 9.47 Å². The van der Waals surface area contributed by atoms with Gasteiger partial charge in [-0.3, -0.25) is 4.99 Å². The Labute approximate surface area is 190 Å². The standard InChI is InChI=1S/C21H31N5O2.HI/c1-17-7-9-25(15-20(17)26-10-8-23-16-26)21(22-2)24-14-18-5-4-6-19(13-18)28-12-11-27-3;/h4-6,8,10,13,16-17,20H,7,9,11-12,14-15H2,1-3H3,(H,22,24);1H. The molecule has 2 unspecified atom stereocenters. The molecule has 0 amide bonds. The summed E-state index contributed by atoms with van der Waals surface area (Å²) in [5.74, 6) is 2.41. The molecular weight excluding hydrogens is 481 g/mol. The van der Waals surface area contributed by atoms with Crippen LogP contribution >= 0.6 is 24.0 Å². The van der Waals surface area contributed by atoms with Gasteiger partial charge >= 0.3 is 0 Å². The van der Waals surface area contributed by atoms with Gasteiger partial charge < -0.3 is 24.3 Å². The van der Waals surface area contributed by atoms with Gasteiger partial charge in [0.15, 0.2) is 5.96 Å². The van der Waals surface area contributed by atoms with Gasteiger partial charge in [0.2, 0.25) is 0 Å². The van der Waals surface area contributed by atoms with Crippen LogP contribution < -0.4 is 10.1 Å². The molecule has 160 valence electrons. The van der Waals surface area contributed by atoms with E-state index in [1.165, 1.54) is 0 Å². The van der Waals surface area contributed by atoms with Crippen LogP contribution in [0.4, 0.5) is 0 Å². The predicted octanol–water partition coefficient (Wildman–Crippen LogP) is 3.18. The normalized spacial score (nSPS) is 19.6. The summed E-state index contributed by atoms with van der Waals surface area (Å²) < 4.78 is 12.9. The molecule has 2 aromatic rings. The molecule has 0 saturated carbocycles. The van der Waals surface area contributed by atoms with E-state index >= 15 is 0 Å². The number of piperidine rings is 1. The molecule has 0 bridgehead atoms. The summed E-state index contributed by atoms with van der Waals surface area (Å²) in [6.45, 7) is 6.09. The van der Waals surface area contributed by atoms with E-state index in [9.17, 15) is 0 Å². The molecule has 1 aliphatic heterocycles. The number of ether oxygens (including phenoxy) is 2. The second-order valence-electron chi connectivity index (χ2n) is 7.18. The highest BCUT2D eigenvalue weighted by atomic mass is 127. The van der Waals surface area contributed by atoms with Crippen molar-refractivity contribution >= 4 is 29.9 Å². The number of halogens is 1. The minimum atomic E-state index is 0. The molecule has 0 aliphatic carbocycles. The fourth-order valence-corrected chi connectivity index (χ4v) is 3.60. The lowest BCUT2D eigenvalue weighted by Gasteiger charge is -2.39. The van der Waals surface area contributed by atoms with Gasteiger partial charge in [0.25, 0.3) is 0 Å². The second-order valence-corrected chi connectivity index (χ2v) is 7.18. The van der Waals surface area contributed by atoms with Gasteiger partial charge in [-0.15, -0.1) is 24.0 Å². The molecule has 8 heteroatoms. The molecule has 2 heterocycles. The molecule has 1 aromatic heterocycles. The maximum atomic E-state index is 5.70. The van der Waals surface area contributed by atoms with Crippen molar-refractivity contribution in [3.8, 4) is 5.75 Å². The van der Waals surface area contributed by atoms with Gasteiger partial charge in [0.1, 0.15) is 12.4 Å². The van der Waals surface area contributed by atoms with Crippen LogP contribution in [0.5, 0.6) is 5.75 Å². The van der Waals surface area contributed by atoms with Crippen LogP contribution in [0.3, 0.4) is 0 Å². The second kappa shape index (κ2) is 12.0. The Morgan fingerprint density at radius 2 is 2.21 bits per heavy atom. The number of likely N-dealkylation sites (tertiary alicyclic amines) is 1. The zero-order chi connectivity index (χ0) is 19.8. The zero-order valence-electron chi connectivity index (χ0n) is 17.5. The number of aliphatic imine (C=N–C) groups is 1. The van der Waals surface area contributed by atoms with E-state index in [1.54, 1.807) is 7.11 Å². The van der Waals surface area contributed by atoms with E-state index in [2.05, 4.69) is 50.0 Å². The third-order valence-electron chi connectivity index (χ3n) is 5.24. The number of benzene rings is 1. The average molecular weight is 513 g/mol. The molecular formula is C21H32IN5O2. The summed E-state index contributed by atoms with van der Waals surface area (Å²) in [6, 6.07) is 8.54. The molecule has 1 fully saturated rings. The number of hydrogen-bond donors (Lipinski definition) is 1.